The van der Waals surface area contributed by atoms with Gasteiger partial charge in [-0.2, -0.15) is 0 Å². The Balaban J connectivity index is 2.05. The quantitative estimate of drug-likeness (QED) is 0.795. The molecule has 0 saturated heterocycles. The number of ether oxygens (including phenoxy) is 3. The fraction of sp³-hybridized carbons (Fsp3) is 0.294. The molecule has 2 aromatic carbocycles. The van der Waals surface area contributed by atoms with Crippen molar-refractivity contribution < 1.29 is 19.3 Å². The van der Waals surface area contributed by atoms with E-state index in [-0.39, 0.29) is 6.79 Å². The van der Waals surface area contributed by atoms with Crippen LogP contribution in [0, 0.1) is 0 Å². The molecule has 0 radical (unpaired) electrons. The molecule has 0 spiro atoms. The Morgan fingerprint density at radius 1 is 0.952 bits per heavy atom. The lowest BCUT2D eigenvalue weighted by molar-refractivity contribution is 0.0491. The SMILES string of the molecule is COCOc1ccc(CCc2ccccc2O)cc1OC. The van der Waals surface area contributed by atoms with Crippen LogP contribution in [0.2, 0.25) is 0 Å². The van der Waals surface area contributed by atoms with Crippen LogP contribution in [0.15, 0.2) is 42.5 Å². The molecular weight excluding hydrogens is 268 g/mol. The van der Waals surface area contributed by atoms with Gasteiger partial charge in [-0.1, -0.05) is 24.3 Å². The summed E-state index contributed by atoms with van der Waals surface area (Å²) in [5, 5.41) is 9.77. The summed E-state index contributed by atoms with van der Waals surface area (Å²) in [6, 6.07) is 13.2. The number of para-hydroxylation sites is 1. The standard InChI is InChI=1S/C17H20O4/c1-19-12-21-16-10-8-13(11-17(16)20-2)7-9-14-5-3-4-6-15(14)18/h3-6,8,10-11,18H,7,9,12H2,1-2H3. The number of methoxy groups -OCH3 is 2. The van der Waals surface area contributed by atoms with E-state index in [1.54, 1.807) is 20.3 Å². The first-order chi connectivity index (χ1) is 10.2. The van der Waals surface area contributed by atoms with Gasteiger partial charge in [0, 0.05) is 7.11 Å². The molecule has 0 bridgehead atoms. The van der Waals surface area contributed by atoms with E-state index in [9.17, 15) is 5.11 Å². The van der Waals surface area contributed by atoms with Gasteiger partial charge in [0.15, 0.2) is 18.3 Å². The van der Waals surface area contributed by atoms with Gasteiger partial charge in [0.1, 0.15) is 5.75 Å². The molecule has 0 aliphatic rings. The molecule has 0 aliphatic heterocycles. The Morgan fingerprint density at radius 2 is 1.76 bits per heavy atom. The van der Waals surface area contributed by atoms with Gasteiger partial charge in [0.05, 0.1) is 7.11 Å². The third-order valence-corrected chi connectivity index (χ3v) is 3.23. The smallest absolute Gasteiger partial charge is 0.188 e. The summed E-state index contributed by atoms with van der Waals surface area (Å²) in [5.41, 5.74) is 2.07. The predicted octanol–water partition coefficient (Wildman–Crippen LogP) is 3.17. The Labute approximate surface area is 124 Å². The Hall–Kier alpha value is -2.20. The van der Waals surface area contributed by atoms with Crippen molar-refractivity contribution >= 4 is 0 Å². The molecule has 4 heteroatoms. The average molecular weight is 288 g/mol. The molecule has 2 aromatic rings. The lowest BCUT2D eigenvalue weighted by Crippen LogP contribution is -2.01. The third-order valence-electron chi connectivity index (χ3n) is 3.23. The van der Waals surface area contributed by atoms with Gasteiger partial charge in [-0.05, 0) is 42.2 Å². The van der Waals surface area contributed by atoms with Crippen LogP contribution in [0.1, 0.15) is 11.1 Å². The predicted molar refractivity (Wildman–Crippen MR) is 81.0 cm³/mol. The van der Waals surface area contributed by atoms with Gasteiger partial charge in [-0.25, -0.2) is 0 Å². The molecule has 0 aliphatic carbocycles. The van der Waals surface area contributed by atoms with E-state index in [0.717, 1.165) is 24.0 Å². The minimum atomic E-state index is 0.188. The van der Waals surface area contributed by atoms with Crippen molar-refractivity contribution in [3.63, 3.8) is 0 Å². The molecule has 0 heterocycles. The lowest BCUT2D eigenvalue weighted by Gasteiger charge is -2.11. The zero-order valence-electron chi connectivity index (χ0n) is 12.3. The highest BCUT2D eigenvalue weighted by atomic mass is 16.7. The Bertz CT molecular complexity index is 581. The fourth-order valence-corrected chi connectivity index (χ4v) is 2.11. The Morgan fingerprint density at radius 3 is 2.48 bits per heavy atom. The van der Waals surface area contributed by atoms with Crippen LogP contribution in [0.25, 0.3) is 0 Å². The molecule has 0 saturated carbocycles. The largest absolute Gasteiger partial charge is 0.508 e. The summed E-state index contributed by atoms with van der Waals surface area (Å²) in [7, 11) is 3.19. The van der Waals surface area contributed by atoms with Crippen molar-refractivity contribution in [2.24, 2.45) is 0 Å². The van der Waals surface area contributed by atoms with E-state index in [1.807, 2.05) is 36.4 Å². The van der Waals surface area contributed by atoms with Crippen molar-refractivity contribution in [3.05, 3.63) is 53.6 Å². The van der Waals surface area contributed by atoms with Crippen LogP contribution in [0.3, 0.4) is 0 Å². The van der Waals surface area contributed by atoms with Crippen LogP contribution in [0.4, 0.5) is 0 Å². The summed E-state index contributed by atoms with van der Waals surface area (Å²) < 4.78 is 15.6. The number of hydrogen-bond donors (Lipinski definition) is 1. The second-order valence-electron chi connectivity index (χ2n) is 4.66. The van der Waals surface area contributed by atoms with Gasteiger partial charge < -0.3 is 19.3 Å². The maximum atomic E-state index is 9.77. The van der Waals surface area contributed by atoms with Gasteiger partial charge in [-0.15, -0.1) is 0 Å². The summed E-state index contributed by atoms with van der Waals surface area (Å²) >= 11 is 0. The fourth-order valence-electron chi connectivity index (χ4n) is 2.11. The zero-order valence-corrected chi connectivity index (χ0v) is 12.3. The molecule has 0 unspecified atom stereocenters. The number of rotatable bonds is 7. The monoisotopic (exact) mass is 288 g/mol. The molecule has 112 valence electrons. The molecular formula is C17H20O4. The molecule has 4 nitrogen and oxygen atoms in total. The molecule has 21 heavy (non-hydrogen) atoms. The maximum absolute atomic E-state index is 9.77. The Kier molecular flexibility index (Phi) is 5.46. The second kappa shape index (κ2) is 7.55. The molecule has 0 aromatic heterocycles. The molecule has 0 fully saturated rings. The molecule has 2 rings (SSSR count). The highest BCUT2D eigenvalue weighted by Crippen LogP contribution is 2.29. The summed E-state index contributed by atoms with van der Waals surface area (Å²) in [5.74, 6) is 1.68. The highest BCUT2D eigenvalue weighted by Gasteiger charge is 2.07. The number of hydrogen-bond acceptors (Lipinski definition) is 4. The van der Waals surface area contributed by atoms with Crippen molar-refractivity contribution in [2.45, 2.75) is 12.8 Å². The van der Waals surface area contributed by atoms with Gasteiger partial charge in [-0.3, -0.25) is 0 Å². The van der Waals surface area contributed by atoms with Crippen LogP contribution in [0.5, 0.6) is 17.2 Å². The number of phenols is 1. The van der Waals surface area contributed by atoms with Crippen LogP contribution < -0.4 is 9.47 Å². The molecule has 1 N–H and O–H groups in total. The lowest BCUT2D eigenvalue weighted by atomic mass is 10.0. The normalized spacial score (nSPS) is 10.4. The summed E-state index contributed by atoms with van der Waals surface area (Å²) in [6.07, 6.45) is 1.59. The molecule has 0 amide bonds. The number of benzene rings is 2. The number of aromatic hydroxyl groups is 1. The third kappa shape index (κ3) is 4.13. The topological polar surface area (TPSA) is 47.9 Å². The van der Waals surface area contributed by atoms with E-state index in [4.69, 9.17) is 14.2 Å². The van der Waals surface area contributed by atoms with E-state index in [1.165, 1.54) is 0 Å². The van der Waals surface area contributed by atoms with Crippen LogP contribution >= 0.6 is 0 Å². The van der Waals surface area contributed by atoms with Crippen molar-refractivity contribution in [1.82, 2.24) is 0 Å². The van der Waals surface area contributed by atoms with Crippen LogP contribution in [-0.2, 0) is 17.6 Å². The van der Waals surface area contributed by atoms with E-state index in [2.05, 4.69) is 0 Å². The van der Waals surface area contributed by atoms with Crippen molar-refractivity contribution in [2.75, 3.05) is 21.0 Å². The minimum Gasteiger partial charge on any atom is -0.508 e. The zero-order chi connectivity index (χ0) is 15.1. The first-order valence-corrected chi connectivity index (χ1v) is 6.80. The van der Waals surface area contributed by atoms with Crippen LogP contribution in [-0.4, -0.2) is 26.1 Å². The van der Waals surface area contributed by atoms with Gasteiger partial charge >= 0.3 is 0 Å². The van der Waals surface area contributed by atoms with Gasteiger partial charge in [0.2, 0.25) is 0 Å². The first-order valence-electron chi connectivity index (χ1n) is 6.80. The first kappa shape index (κ1) is 15.2. The van der Waals surface area contributed by atoms with Crippen molar-refractivity contribution in [3.8, 4) is 17.2 Å². The average Bonchev–Trinajstić information content (AvgIpc) is 2.52. The van der Waals surface area contributed by atoms with Crippen molar-refractivity contribution in [1.29, 1.82) is 0 Å². The maximum Gasteiger partial charge on any atom is 0.188 e. The van der Waals surface area contributed by atoms with E-state index in [0.29, 0.717) is 17.2 Å². The molecule has 0 atom stereocenters. The van der Waals surface area contributed by atoms with E-state index >= 15 is 0 Å². The van der Waals surface area contributed by atoms with Gasteiger partial charge in [0.25, 0.3) is 0 Å². The summed E-state index contributed by atoms with van der Waals surface area (Å²) in [6.45, 7) is 0.188. The number of phenolic OH excluding ortho intramolecular Hbond substituents is 1. The highest BCUT2D eigenvalue weighted by molar-refractivity contribution is 5.43. The summed E-state index contributed by atoms with van der Waals surface area (Å²) in [4.78, 5) is 0. The van der Waals surface area contributed by atoms with E-state index < -0.39 is 0 Å². The second-order valence-corrected chi connectivity index (χ2v) is 4.66. The number of aryl methyl sites for hydroxylation is 2. The minimum absolute atomic E-state index is 0.188.